The van der Waals surface area contributed by atoms with Gasteiger partial charge in [0.1, 0.15) is 4.70 Å². The van der Waals surface area contributed by atoms with Gasteiger partial charge in [-0.05, 0) is 36.8 Å². The van der Waals surface area contributed by atoms with Crippen LogP contribution in [0.4, 0.5) is 0 Å². The molecule has 30 heavy (non-hydrogen) atoms. The smallest absolute Gasteiger partial charge is 0.272 e. The number of thiophene rings is 1. The van der Waals surface area contributed by atoms with E-state index in [-0.39, 0.29) is 23.3 Å². The van der Waals surface area contributed by atoms with Crippen molar-refractivity contribution in [3.05, 3.63) is 57.7 Å². The van der Waals surface area contributed by atoms with Crippen LogP contribution in [-0.2, 0) is 17.8 Å². The van der Waals surface area contributed by atoms with E-state index >= 15 is 0 Å². The molecule has 0 radical (unpaired) electrons. The van der Waals surface area contributed by atoms with E-state index in [1.165, 1.54) is 23.1 Å². The molecule has 0 saturated carbocycles. The lowest BCUT2D eigenvalue weighted by atomic mass is 10.1. The van der Waals surface area contributed by atoms with Crippen molar-refractivity contribution in [2.75, 3.05) is 5.75 Å². The predicted molar refractivity (Wildman–Crippen MR) is 121 cm³/mol. The highest BCUT2D eigenvalue weighted by molar-refractivity contribution is 7.99. The number of rotatable bonds is 8. The zero-order valence-electron chi connectivity index (χ0n) is 16.9. The van der Waals surface area contributed by atoms with Gasteiger partial charge < -0.3 is 5.32 Å². The molecule has 0 aliphatic carbocycles. The van der Waals surface area contributed by atoms with Gasteiger partial charge in [0, 0.05) is 12.6 Å². The van der Waals surface area contributed by atoms with Crippen molar-refractivity contribution in [1.82, 2.24) is 24.5 Å². The summed E-state index contributed by atoms with van der Waals surface area (Å²) in [5.74, 6) is 0.719. The topological polar surface area (TPSA) is 81.3 Å². The quantitative estimate of drug-likeness (QED) is 0.424. The fourth-order valence-corrected chi connectivity index (χ4v) is 4.80. The second-order valence-corrected chi connectivity index (χ2v) is 8.97. The average Bonchev–Trinajstić information content (AvgIpc) is 3.40. The lowest BCUT2D eigenvalue weighted by molar-refractivity contribution is -0.119. The highest BCUT2D eigenvalue weighted by atomic mass is 32.2. The molecule has 0 saturated heterocycles. The van der Waals surface area contributed by atoms with Crippen LogP contribution in [0.25, 0.3) is 16.0 Å². The van der Waals surface area contributed by atoms with Crippen molar-refractivity contribution in [3.63, 3.8) is 0 Å². The fourth-order valence-electron chi connectivity index (χ4n) is 3.23. The van der Waals surface area contributed by atoms with E-state index in [0.717, 1.165) is 23.9 Å². The van der Waals surface area contributed by atoms with Crippen LogP contribution in [-0.4, -0.2) is 36.9 Å². The molecule has 0 aliphatic rings. The molecule has 1 unspecified atom stereocenters. The van der Waals surface area contributed by atoms with Gasteiger partial charge in [-0.15, -0.1) is 21.5 Å². The summed E-state index contributed by atoms with van der Waals surface area (Å²) >= 11 is 2.75. The van der Waals surface area contributed by atoms with Gasteiger partial charge in [0.15, 0.2) is 5.16 Å². The summed E-state index contributed by atoms with van der Waals surface area (Å²) in [6.07, 6.45) is 1.60. The van der Waals surface area contributed by atoms with Gasteiger partial charge in [0.25, 0.3) is 5.56 Å². The molecule has 9 heteroatoms. The minimum Gasteiger partial charge on any atom is -0.353 e. The molecule has 1 atom stereocenters. The standard InChI is InChI=1S/C21H23N5O2S2/c1-3-14(2)22-17(27)13-30-21-24-23-20-25(11-9-15-7-5-4-6-8-15)19(28)18-16(26(20)21)10-12-29-18/h4-8,10,12,14H,3,9,11,13H2,1-2H3,(H,22,27). The molecule has 1 aromatic carbocycles. The number of carbonyl (C=O) groups is 1. The van der Waals surface area contributed by atoms with Gasteiger partial charge in [-0.3, -0.25) is 18.6 Å². The van der Waals surface area contributed by atoms with Crippen molar-refractivity contribution >= 4 is 45.0 Å². The number of nitrogens with zero attached hydrogens (tertiary/aromatic N) is 4. The number of benzene rings is 1. The third kappa shape index (κ3) is 4.13. The Morgan fingerprint density at radius 1 is 1.23 bits per heavy atom. The number of amides is 1. The summed E-state index contributed by atoms with van der Waals surface area (Å²) in [6, 6.07) is 12.1. The Labute approximate surface area is 182 Å². The van der Waals surface area contributed by atoms with Crippen LogP contribution in [0.3, 0.4) is 0 Å². The third-order valence-electron chi connectivity index (χ3n) is 5.00. The first-order valence-electron chi connectivity index (χ1n) is 9.89. The van der Waals surface area contributed by atoms with Gasteiger partial charge in [0.2, 0.25) is 11.7 Å². The number of aromatic nitrogens is 4. The maximum atomic E-state index is 13.1. The second kappa shape index (κ2) is 9.01. The van der Waals surface area contributed by atoms with E-state index in [4.69, 9.17) is 0 Å². The second-order valence-electron chi connectivity index (χ2n) is 7.11. The molecule has 7 nitrogen and oxygen atoms in total. The Morgan fingerprint density at radius 2 is 2.03 bits per heavy atom. The first-order chi connectivity index (χ1) is 14.6. The van der Waals surface area contributed by atoms with E-state index in [1.54, 1.807) is 4.57 Å². The number of aryl methyl sites for hydroxylation is 2. The molecule has 156 valence electrons. The van der Waals surface area contributed by atoms with Crippen LogP contribution < -0.4 is 10.9 Å². The predicted octanol–water partition coefficient (Wildman–Crippen LogP) is 3.36. The normalized spacial score (nSPS) is 12.5. The van der Waals surface area contributed by atoms with Crippen molar-refractivity contribution < 1.29 is 4.79 Å². The van der Waals surface area contributed by atoms with Crippen LogP contribution in [0.2, 0.25) is 0 Å². The first kappa shape index (κ1) is 20.6. The van der Waals surface area contributed by atoms with Crippen molar-refractivity contribution in [2.45, 2.75) is 44.4 Å². The first-order valence-corrected chi connectivity index (χ1v) is 11.8. The zero-order chi connectivity index (χ0) is 21.1. The van der Waals surface area contributed by atoms with Gasteiger partial charge in [-0.25, -0.2) is 0 Å². The molecular weight excluding hydrogens is 418 g/mol. The number of carbonyl (C=O) groups excluding carboxylic acids is 1. The Hall–Kier alpha value is -2.65. The van der Waals surface area contributed by atoms with Gasteiger partial charge in [0.05, 0.1) is 11.3 Å². The van der Waals surface area contributed by atoms with E-state index in [2.05, 4.69) is 15.5 Å². The maximum Gasteiger partial charge on any atom is 0.272 e. The molecule has 4 rings (SSSR count). The number of fused-ring (bicyclic) bond motifs is 3. The van der Waals surface area contributed by atoms with Crippen molar-refractivity contribution in [1.29, 1.82) is 0 Å². The van der Waals surface area contributed by atoms with Crippen molar-refractivity contribution in [3.8, 4) is 0 Å². The summed E-state index contributed by atoms with van der Waals surface area (Å²) in [7, 11) is 0. The summed E-state index contributed by atoms with van der Waals surface area (Å²) in [5, 5.41) is 14.1. The van der Waals surface area contributed by atoms with Gasteiger partial charge in [-0.1, -0.05) is 49.0 Å². The Bertz CT molecular complexity index is 1230. The molecule has 0 aliphatic heterocycles. The monoisotopic (exact) mass is 441 g/mol. The minimum absolute atomic E-state index is 0.0370. The Kier molecular flexibility index (Phi) is 6.19. The summed E-state index contributed by atoms with van der Waals surface area (Å²) in [6.45, 7) is 4.53. The maximum absolute atomic E-state index is 13.1. The molecule has 3 aromatic heterocycles. The Balaban J connectivity index is 1.66. The van der Waals surface area contributed by atoms with E-state index in [0.29, 0.717) is 22.2 Å². The number of hydrogen-bond donors (Lipinski definition) is 1. The van der Waals surface area contributed by atoms with Crippen LogP contribution >= 0.6 is 23.1 Å². The van der Waals surface area contributed by atoms with Crippen LogP contribution in [0.1, 0.15) is 25.8 Å². The molecule has 1 amide bonds. The third-order valence-corrected chi connectivity index (χ3v) is 6.82. The van der Waals surface area contributed by atoms with E-state index in [9.17, 15) is 9.59 Å². The average molecular weight is 442 g/mol. The highest BCUT2D eigenvalue weighted by Crippen LogP contribution is 2.24. The summed E-state index contributed by atoms with van der Waals surface area (Å²) in [5.41, 5.74) is 1.89. The van der Waals surface area contributed by atoms with Crippen LogP contribution in [0.5, 0.6) is 0 Å². The molecule has 3 heterocycles. The lowest BCUT2D eigenvalue weighted by Gasteiger charge is -2.11. The van der Waals surface area contributed by atoms with Crippen LogP contribution in [0.15, 0.2) is 51.7 Å². The largest absolute Gasteiger partial charge is 0.353 e. The number of thioether (sulfide) groups is 1. The number of nitrogens with one attached hydrogen (secondary N) is 1. The molecule has 0 bridgehead atoms. The highest BCUT2D eigenvalue weighted by Gasteiger charge is 2.18. The lowest BCUT2D eigenvalue weighted by Crippen LogP contribution is -2.33. The van der Waals surface area contributed by atoms with Crippen LogP contribution in [0, 0.1) is 0 Å². The summed E-state index contributed by atoms with van der Waals surface area (Å²) < 4.78 is 4.24. The summed E-state index contributed by atoms with van der Waals surface area (Å²) in [4.78, 5) is 25.3. The van der Waals surface area contributed by atoms with Crippen molar-refractivity contribution in [2.24, 2.45) is 0 Å². The molecular formula is C21H23N5O2S2. The molecule has 0 spiro atoms. The van der Waals surface area contributed by atoms with Gasteiger partial charge in [-0.2, -0.15) is 0 Å². The molecule has 0 fully saturated rings. The molecule has 4 aromatic rings. The van der Waals surface area contributed by atoms with E-state index in [1.807, 2.05) is 60.0 Å². The SMILES string of the molecule is CCC(C)NC(=O)CSc1nnc2n(CCc3ccccc3)c(=O)c3sccc3n12. The molecule has 1 N–H and O–H groups in total. The minimum atomic E-state index is -0.0538. The van der Waals surface area contributed by atoms with E-state index < -0.39 is 0 Å². The Morgan fingerprint density at radius 3 is 2.80 bits per heavy atom. The fraction of sp³-hybridized carbons (Fsp3) is 0.333. The van der Waals surface area contributed by atoms with Gasteiger partial charge >= 0.3 is 0 Å². The number of hydrogen-bond acceptors (Lipinski definition) is 6. The zero-order valence-corrected chi connectivity index (χ0v) is 18.5.